The monoisotopic (exact) mass is 373 g/mol. The molecule has 0 heterocycles. The Kier molecular flexibility index (Phi) is 6.21. The maximum absolute atomic E-state index is 12.3. The first-order valence-electron chi connectivity index (χ1n) is 7.94. The fourth-order valence-corrected chi connectivity index (χ4v) is 2.19. The molecule has 9 nitrogen and oxygen atoms in total. The van der Waals surface area contributed by atoms with E-state index < -0.39 is 23.2 Å². The van der Waals surface area contributed by atoms with Gasteiger partial charge in [0.25, 0.3) is 5.91 Å². The quantitative estimate of drug-likeness (QED) is 0.298. The lowest BCUT2D eigenvalue weighted by atomic mass is 10.1. The zero-order valence-electron chi connectivity index (χ0n) is 14.7. The number of ether oxygens (including phenoxy) is 1. The van der Waals surface area contributed by atoms with E-state index in [0.717, 1.165) is 0 Å². The Hall–Kier alpha value is -3.75. The number of phenols is 3. The van der Waals surface area contributed by atoms with Gasteiger partial charge in [-0.3, -0.25) is 9.59 Å². The molecular formula is C18H19N3O6. The van der Waals surface area contributed by atoms with Crippen LogP contribution in [0, 0.1) is 0 Å². The lowest BCUT2D eigenvalue weighted by molar-refractivity contribution is -0.114. The molecule has 9 heteroatoms. The van der Waals surface area contributed by atoms with Gasteiger partial charge in [0.2, 0.25) is 5.91 Å². The van der Waals surface area contributed by atoms with Crippen LogP contribution in [0.25, 0.3) is 0 Å². The molecule has 0 aliphatic heterocycles. The molecule has 0 saturated heterocycles. The summed E-state index contributed by atoms with van der Waals surface area (Å²) in [6, 6.07) is 6.90. The van der Waals surface area contributed by atoms with E-state index in [1.165, 1.54) is 37.4 Å². The van der Waals surface area contributed by atoms with Crippen molar-refractivity contribution in [3.63, 3.8) is 0 Å². The molecule has 2 rings (SSSR count). The van der Waals surface area contributed by atoms with Crippen LogP contribution in [0.1, 0.15) is 29.8 Å². The molecule has 0 aromatic heterocycles. The van der Waals surface area contributed by atoms with Crippen LogP contribution in [-0.2, 0) is 4.79 Å². The molecule has 0 aliphatic rings. The first kappa shape index (κ1) is 19.6. The number of nitrogens with one attached hydrogen (secondary N) is 2. The topological polar surface area (TPSA) is 140 Å². The molecule has 0 saturated carbocycles. The van der Waals surface area contributed by atoms with Crippen molar-refractivity contribution in [3.05, 3.63) is 41.5 Å². The van der Waals surface area contributed by atoms with Crippen LogP contribution >= 0.6 is 0 Å². The van der Waals surface area contributed by atoms with E-state index in [1.807, 2.05) is 0 Å². The number of benzene rings is 2. The van der Waals surface area contributed by atoms with E-state index >= 15 is 0 Å². The maximum Gasteiger partial charge on any atom is 0.275 e. The largest absolute Gasteiger partial charge is 0.504 e. The van der Waals surface area contributed by atoms with Crippen molar-refractivity contribution in [2.75, 3.05) is 11.9 Å². The van der Waals surface area contributed by atoms with Gasteiger partial charge >= 0.3 is 0 Å². The second kappa shape index (κ2) is 8.56. The Morgan fingerprint density at radius 2 is 1.81 bits per heavy atom. The summed E-state index contributed by atoms with van der Waals surface area (Å²) in [4.78, 5) is 23.5. The number of hydrogen-bond donors (Lipinski definition) is 5. The van der Waals surface area contributed by atoms with Crippen molar-refractivity contribution >= 4 is 23.7 Å². The zero-order chi connectivity index (χ0) is 20.0. The number of anilines is 1. The van der Waals surface area contributed by atoms with Crippen LogP contribution in [-0.4, -0.2) is 40.0 Å². The van der Waals surface area contributed by atoms with E-state index in [1.54, 1.807) is 13.0 Å². The van der Waals surface area contributed by atoms with Crippen LogP contribution in [0.15, 0.2) is 35.4 Å². The Bertz CT molecular complexity index is 872. The molecule has 0 unspecified atom stereocenters. The van der Waals surface area contributed by atoms with Crippen LogP contribution in [0.4, 0.5) is 5.69 Å². The first-order chi connectivity index (χ1) is 12.8. The van der Waals surface area contributed by atoms with Gasteiger partial charge in [0.05, 0.1) is 18.4 Å². The molecule has 2 amide bonds. The summed E-state index contributed by atoms with van der Waals surface area (Å²) in [7, 11) is 0. The highest BCUT2D eigenvalue weighted by Gasteiger charge is 2.13. The summed E-state index contributed by atoms with van der Waals surface area (Å²) in [6.45, 7) is 3.45. The van der Waals surface area contributed by atoms with Gasteiger partial charge in [0, 0.05) is 24.2 Å². The van der Waals surface area contributed by atoms with Crippen LogP contribution < -0.4 is 15.5 Å². The summed E-state index contributed by atoms with van der Waals surface area (Å²) in [6.07, 6.45) is 1.18. The van der Waals surface area contributed by atoms with Gasteiger partial charge < -0.3 is 25.4 Å². The highest BCUT2D eigenvalue weighted by molar-refractivity contribution is 5.98. The van der Waals surface area contributed by atoms with Gasteiger partial charge in [0.1, 0.15) is 5.75 Å². The van der Waals surface area contributed by atoms with Crippen molar-refractivity contribution in [2.24, 2.45) is 5.10 Å². The minimum atomic E-state index is -0.642. The average molecular weight is 373 g/mol. The second-order valence-corrected chi connectivity index (χ2v) is 5.43. The van der Waals surface area contributed by atoms with E-state index in [0.29, 0.717) is 12.3 Å². The second-order valence-electron chi connectivity index (χ2n) is 5.43. The Morgan fingerprint density at radius 1 is 1.15 bits per heavy atom. The minimum absolute atomic E-state index is 0.208. The summed E-state index contributed by atoms with van der Waals surface area (Å²) in [5.74, 6) is -2.21. The SMILES string of the molecule is CCOc1cc(NC(C)=O)ccc1C(=O)N/N=C/c1cc(O)c(O)c(O)c1. The third-order valence-electron chi connectivity index (χ3n) is 3.32. The number of hydrogen-bond acceptors (Lipinski definition) is 7. The lowest BCUT2D eigenvalue weighted by Gasteiger charge is -2.11. The van der Waals surface area contributed by atoms with Crippen LogP contribution in [0.5, 0.6) is 23.0 Å². The molecular weight excluding hydrogens is 354 g/mol. The van der Waals surface area contributed by atoms with E-state index in [9.17, 15) is 24.9 Å². The molecule has 5 N–H and O–H groups in total. The lowest BCUT2D eigenvalue weighted by Crippen LogP contribution is -2.19. The van der Waals surface area contributed by atoms with Crippen LogP contribution in [0.2, 0.25) is 0 Å². The van der Waals surface area contributed by atoms with Gasteiger partial charge in [0.15, 0.2) is 17.2 Å². The normalized spacial score (nSPS) is 10.6. The third kappa shape index (κ3) is 5.11. The van der Waals surface area contributed by atoms with Crippen molar-refractivity contribution in [1.29, 1.82) is 0 Å². The number of carbonyl (C=O) groups excluding carboxylic acids is 2. The number of aromatic hydroxyl groups is 3. The van der Waals surface area contributed by atoms with E-state index in [4.69, 9.17) is 4.74 Å². The summed E-state index contributed by atoms with van der Waals surface area (Å²) >= 11 is 0. The molecule has 0 bridgehead atoms. The van der Waals surface area contributed by atoms with Crippen LogP contribution in [0.3, 0.4) is 0 Å². The Labute approximate surface area is 154 Å². The third-order valence-corrected chi connectivity index (χ3v) is 3.32. The van der Waals surface area contributed by atoms with Gasteiger partial charge in [-0.2, -0.15) is 5.10 Å². The number of hydrazone groups is 1. The number of carbonyl (C=O) groups is 2. The van der Waals surface area contributed by atoms with E-state index in [2.05, 4.69) is 15.8 Å². The Balaban J connectivity index is 2.16. The highest BCUT2D eigenvalue weighted by Crippen LogP contribution is 2.34. The fraction of sp³-hybridized carbons (Fsp3) is 0.167. The molecule has 2 aromatic rings. The predicted octanol–water partition coefficient (Wildman–Crippen LogP) is 1.92. The summed E-state index contributed by atoms with van der Waals surface area (Å²) in [5, 5.41) is 34.5. The van der Waals surface area contributed by atoms with E-state index in [-0.39, 0.29) is 22.8 Å². The van der Waals surface area contributed by atoms with Crippen molar-refractivity contribution in [2.45, 2.75) is 13.8 Å². The standard InChI is InChI=1S/C18H19N3O6/c1-3-27-16-8-12(20-10(2)22)4-5-13(16)18(26)21-19-9-11-6-14(23)17(25)15(24)7-11/h4-9,23-25H,3H2,1-2H3,(H,20,22)(H,21,26)/b19-9+. The minimum Gasteiger partial charge on any atom is -0.504 e. The van der Waals surface area contributed by atoms with Gasteiger partial charge in [-0.25, -0.2) is 5.43 Å². The first-order valence-corrected chi connectivity index (χ1v) is 7.94. The molecule has 142 valence electrons. The molecule has 0 fully saturated rings. The predicted molar refractivity (Wildman–Crippen MR) is 98.4 cm³/mol. The molecule has 0 radical (unpaired) electrons. The number of rotatable bonds is 6. The van der Waals surface area contributed by atoms with Crippen molar-refractivity contribution in [3.8, 4) is 23.0 Å². The molecule has 2 aromatic carbocycles. The van der Waals surface area contributed by atoms with Crippen molar-refractivity contribution < 1.29 is 29.6 Å². The summed E-state index contributed by atoms with van der Waals surface area (Å²) < 4.78 is 5.43. The molecule has 27 heavy (non-hydrogen) atoms. The number of phenolic OH excluding ortho intramolecular Hbond substituents is 3. The average Bonchev–Trinajstić information content (AvgIpc) is 2.59. The Morgan fingerprint density at radius 3 is 2.41 bits per heavy atom. The number of nitrogens with zero attached hydrogens (tertiary/aromatic N) is 1. The van der Waals surface area contributed by atoms with Gasteiger partial charge in [-0.1, -0.05) is 0 Å². The smallest absolute Gasteiger partial charge is 0.275 e. The zero-order valence-corrected chi connectivity index (χ0v) is 14.7. The number of amides is 2. The van der Waals surface area contributed by atoms with Gasteiger partial charge in [-0.15, -0.1) is 0 Å². The molecule has 0 aliphatic carbocycles. The van der Waals surface area contributed by atoms with Gasteiger partial charge in [-0.05, 0) is 31.2 Å². The fourth-order valence-electron chi connectivity index (χ4n) is 2.19. The summed E-state index contributed by atoms with van der Waals surface area (Å²) in [5.41, 5.74) is 3.25. The highest BCUT2D eigenvalue weighted by atomic mass is 16.5. The molecule has 0 atom stereocenters. The maximum atomic E-state index is 12.3. The van der Waals surface area contributed by atoms with Crippen molar-refractivity contribution in [1.82, 2.24) is 5.43 Å². The molecule has 0 spiro atoms.